The summed E-state index contributed by atoms with van der Waals surface area (Å²) in [7, 11) is 0. The summed E-state index contributed by atoms with van der Waals surface area (Å²) in [5, 5.41) is 0. The van der Waals surface area contributed by atoms with E-state index in [-0.39, 0.29) is 31.1 Å². The summed E-state index contributed by atoms with van der Waals surface area (Å²) in [6.07, 6.45) is 90.9. The maximum Gasteiger partial charge on any atom is 0.306 e. The summed E-state index contributed by atoms with van der Waals surface area (Å²) in [5.74, 6) is -0.895. The van der Waals surface area contributed by atoms with Gasteiger partial charge in [0.25, 0.3) is 0 Å². The molecule has 0 aliphatic rings. The van der Waals surface area contributed by atoms with Gasteiger partial charge in [-0.15, -0.1) is 0 Å². The molecule has 0 heterocycles. The van der Waals surface area contributed by atoms with Crippen LogP contribution in [0, 0.1) is 0 Å². The fraction of sp³-hybridized carbons (Fsp3) is 0.712. The molecule has 0 aliphatic carbocycles. The molecule has 1 atom stereocenters. The minimum atomic E-state index is -0.790. The SMILES string of the molecule is CC/C=C\C/C=C\C/C=C\C/C=C\C/C=C\C/C=C\CCCCCCCCCCC(=O)OCC(COC(=O)CCCCCCCCCCCCCCC)OC(=O)CCCCCCCC/C=C\C/C=C\C/C=C\CCCCCCC. The smallest absolute Gasteiger partial charge is 0.306 e. The van der Waals surface area contributed by atoms with Crippen LogP contribution < -0.4 is 0 Å². The molecule has 0 aliphatic heterocycles. The van der Waals surface area contributed by atoms with Gasteiger partial charge in [-0.2, -0.15) is 0 Å². The van der Waals surface area contributed by atoms with Gasteiger partial charge in [-0.3, -0.25) is 14.4 Å². The normalized spacial score (nSPS) is 12.8. The van der Waals surface area contributed by atoms with Gasteiger partial charge in [0.05, 0.1) is 0 Å². The third-order valence-electron chi connectivity index (χ3n) is 14.3. The summed E-state index contributed by atoms with van der Waals surface area (Å²) in [4.78, 5) is 38.4. The molecule has 1 unspecified atom stereocenters. The number of carbonyl (C=O) groups excluding carboxylic acids is 3. The molecule has 0 saturated heterocycles. The molecule has 0 saturated carbocycles. The number of unbranched alkanes of at least 4 members (excludes halogenated alkanes) is 31. The van der Waals surface area contributed by atoms with Crippen molar-refractivity contribution in [3.63, 3.8) is 0 Å². The van der Waals surface area contributed by atoms with E-state index in [1.165, 1.54) is 148 Å². The van der Waals surface area contributed by atoms with Crippen molar-refractivity contribution in [2.75, 3.05) is 13.2 Å². The molecule has 0 N–H and O–H groups in total. The van der Waals surface area contributed by atoms with Crippen LogP contribution in [0.2, 0.25) is 0 Å². The zero-order valence-electron chi connectivity index (χ0n) is 51.9. The highest BCUT2D eigenvalue weighted by Crippen LogP contribution is 2.16. The average Bonchev–Trinajstić information content (AvgIpc) is 3.45. The lowest BCUT2D eigenvalue weighted by Gasteiger charge is -2.18. The van der Waals surface area contributed by atoms with Crippen molar-refractivity contribution < 1.29 is 28.6 Å². The van der Waals surface area contributed by atoms with E-state index >= 15 is 0 Å². The number of esters is 3. The van der Waals surface area contributed by atoms with Gasteiger partial charge in [0.2, 0.25) is 0 Å². The lowest BCUT2D eigenvalue weighted by atomic mass is 10.0. The van der Waals surface area contributed by atoms with Gasteiger partial charge < -0.3 is 14.2 Å². The molecule has 0 aromatic rings. The van der Waals surface area contributed by atoms with Crippen molar-refractivity contribution in [3.8, 4) is 0 Å². The van der Waals surface area contributed by atoms with E-state index in [2.05, 4.69) is 130 Å². The molecule has 79 heavy (non-hydrogen) atoms. The van der Waals surface area contributed by atoms with Gasteiger partial charge in [0.1, 0.15) is 13.2 Å². The Kier molecular flexibility index (Phi) is 63.3. The highest BCUT2D eigenvalue weighted by molar-refractivity contribution is 5.71. The Labute approximate surface area is 489 Å². The van der Waals surface area contributed by atoms with Gasteiger partial charge >= 0.3 is 17.9 Å². The van der Waals surface area contributed by atoms with Crippen LogP contribution in [-0.4, -0.2) is 37.2 Å². The van der Waals surface area contributed by atoms with Gasteiger partial charge in [0.15, 0.2) is 6.10 Å². The summed E-state index contributed by atoms with van der Waals surface area (Å²) < 4.78 is 16.9. The molecule has 0 aromatic heterocycles. The van der Waals surface area contributed by atoms with E-state index in [4.69, 9.17) is 14.2 Å². The number of carbonyl (C=O) groups is 3. The van der Waals surface area contributed by atoms with Gasteiger partial charge in [-0.05, 0) is 109 Å². The first kappa shape index (κ1) is 75.1. The van der Waals surface area contributed by atoms with Crippen LogP contribution in [-0.2, 0) is 28.6 Å². The Hall–Kier alpha value is -3.93. The third kappa shape index (κ3) is 64.8. The zero-order chi connectivity index (χ0) is 57.1. The first-order chi connectivity index (χ1) is 39.0. The molecular weight excluding hydrogens is 973 g/mol. The standard InChI is InChI=1S/C73H124O6/c1-4-7-10-13-16-19-22-25-27-29-31-33-34-35-36-37-38-40-41-43-45-48-51-54-57-60-63-66-72(75)78-69-70(68-77-71(74)65-62-59-56-53-50-47-24-21-18-15-12-9-6-3)79-73(76)67-64-61-58-55-52-49-46-44-42-39-32-30-28-26-23-20-17-14-11-8-5-2/h7,10,16,19,23,25-27,30-33,35-36,38,40,42,44,70H,4-6,8-9,11-15,17-18,20-22,24,28-29,34,37,39,41,43,45-69H2,1-3H3/b10-7-,19-16-,26-23-,27-25-,32-30-,33-31-,36-35-,40-38-,44-42-. The molecule has 0 rings (SSSR count). The average molecular weight is 1100 g/mol. The number of ether oxygens (including phenoxy) is 3. The Morgan fingerprint density at radius 2 is 0.494 bits per heavy atom. The second kappa shape index (κ2) is 66.6. The number of rotatable bonds is 60. The molecule has 0 amide bonds. The van der Waals surface area contributed by atoms with Gasteiger partial charge in [0, 0.05) is 19.3 Å². The van der Waals surface area contributed by atoms with Crippen molar-refractivity contribution >= 4 is 17.9 Å². The minimum Gasteiger partial charge on any atom is -0.462 e. The topological polar surface area (TPSA) is 78.9 Å². The fourth-order valence-electron chi connectivity index (χ4n) is 9.28. The van der Waals surface area contributed by atoms with Crippen LogP contribution in [0.25, 0.3) is 0 Å². The van der Waals surface area contributed by atoms with Crippen molar-refractivity contribution in [1.82, 2.24) is 0 Å². The molecule has 6 heteroatoms. The quantitative estimate of drug-likeness (QED) is 0.0261. The van der Waals surface area contributed by atoms with Crippen molar-refractivity contribution in [1.29, 1.82) is 0 Å². The van der Waals surface area contributed by atoms with Crippen LogP contribution in [0.5, 0.6) is 0 Å². The highest BCUT2D eigenvalue weighted by atomic mass is 16.6. The predicted octanol–water partition coefficient (Wildman–Crippen LogP) is 23.0. The van der Waals surface area contributed by atoms with Gasteiger partial charge in [-0.25, -0.2) is 0 Å². The first-order valence-corrected chi connectivity index (χ1v) is 33.4. The molecule has 0 radical (unpaired) electrons. The lowest BCUT2D eigenvalue weighted by Crippen LogP contribution is -2.30. The molecule has 452 valence electrons. The Bertz CT molecular complexity index is 1590. The molecule has 6 nitrogen and oxygen atoms in total. The molecule has 0 spiro atoms. The van der Waals surface area contributed by atoms with E-state index in [1.807, 2.05) is 0 Å². The van der Waals surface area contributed by atoms with Crippen LogP contribution >= 0.6 is 0 Å². The second-order valence-corrected chi connectivity index (χ2v) is 22.0. The molecule has 0 bridgehead atoms. The fourth-order valence-corrected chi connectivity index (χ4v) is 9.28. The molecule has 0 aromatic carbocycles. The monoisotopic (exact) mass is 1100 g/mol. The van der Waals surface area contributed by atoms with Crippen molar-refractivity contribution in [2.45, 2.75) is 322 Å². The number of hydrogen-bond donors (Lipinski definition) is 0. The van der Waals surface area contributed by atoms with Crippen LogP contribution in [0.4, 0.5) is 0 Å². The predicted molar refractivity (Wildman–Crippen MR) is 343 cm³/mol. The van der Waals surface area contributed by atoms with E-state index in [9.17, 15) is 14.4 Å². The summed E-state index contributed by atoms with van der Waals surface area (Å²) >= 11 is 0. The van der Waals surface area contributed by atoms with E-state index < -0.39 is 6.10 Å². The summed E-state index contributed by atoms with van der Waals surface area (Å²) in [6.45, 7) is 6.52. The maximum atomic E-state index is 12.9. The van der Waals surface area contributed by atoms with E-state index in [1.54, 1.807) is 0 Å². The molecule has 0 fully saturated rings. The lowest BCUT2D eigenvalue weighted by molar-refractivity contribution is -0.167. The number of hydrogen-bond acceptors (Lipinski definition) is 6. The van der Waals surface area contributed by atoms with Crippen LogP contribution in [0.1, 0.15) is 316 Å². The largest absolute Gasteiger partial charge is 0.462 e. The Morgan fingerprint density at radius 3 is 0.772 bits per heavy atom. The third-order valence-corrected chi connectivity index (χ3v) is 14.3. The van der Waals surface area contributed by atoms with Gasteiger partial charge in [-0.1, -0.05) is 297 Å². The highest BCUT2D eigenvalue weighted by Gasteiger charge is 2.19. The van der Waals surface area contributed by atoms with Crippen molar-refractivity contribution in [3.05, 3.63) is 109 Å². The summed E-state index contributed by atoms with van der Waals surface area (Å²) in [5.41, 5.74) is 0. The maximum absolute atomic E-state index is 12.9. The van der Waals surface area contributed by atoms with E-state index in [0.717, 1.165) is 128 Å². The second-order valence-electron chi connectivity index (χ2n) is 22.0. The first-order valence-electron chi connectivity index (χ1n) is 33.4. The minimum absolute atomic E-state index is 0.0843. The molecular formula is C73H124O6. The van der Waals surface area contributed by atoms with Crippen LogP contribution in [0.3, 0.4) is 0 Å². The Balaban J connectivity index is 4.36. The summed E-state index contributed by atoms with van der Waals surface area (Å²) in [6, 6.07) is 0. The number of allylic oxidation sites excluding steroid dienone is 18. The van der Waals surface area contributed by atoms with Crippen molar-refractivity contribution in [2.24, 2.45) is 0 Å². The zero-order valence-corrected chi connectivity index (χ0v) is 51.9. The van der Waals surface area contributed by atoms with Crippen LogP contribution in [0.15, 0.2) is 109 Å². The van der Waals surface area contributed by atoms with E-state index in [0.29, 0.717) is 19.3 Å². The Morgan fingerprint density at radius 1 is 0.266 bits per heavy atom.